The predicted octanol–water partition coefficient (Wildman–Crippen LogP) is 1.11. The van der Waals surface area contributed by atoms with Crippen LogP contribution in [-0.4, -0.2) is 44.9 Å². The van der Waals surface area contributed by atoms with Crippen molar-refractivity contribution < 1.29 is 9.26 Å². The zero-order valence-corrected chi connectivity index (χ0v) is 14.5. The Kier molecular flexibility index (Phi) is 5.16. The summed E-state index contributed by atoms with van der Waals surface area (Å²) in [6.07, 6.45) is 3.61. The molecule has 0 atom stereocenters. The third-order valence-corrected chi connectivity index (χ3v) is 4.27. The van der Waals surface area contributed by atoms with Crippen LogP contribution in [0.5, 0.6) is 0 Å². The molecule has 1 fully saturated rings. The topological polar surface area (TPSA) is 110 Å². The van der Waals surface area contributed by atoms with E-state index in [0.717, 1.165) is 31.6 Å². The molecule has 4 heterocycles. The van der Waals surface area contributed by atoms with Crippen molar-refractivity contribution in [3.63, 3.8) is 0 Å². The first-order valence-electron chi connectivity index (χ1n) is 7.90. The molecule has 0 spiro atoms. The van der Waals surface area contributed by atoms with E-state index >= 15 is 0 Å². The Morgan fingerprint density at radius 2 is 2.20 bits per heavy atom. The summed E-state index contributed by atoms with van der Waals surface area (Å²) in [5, 5.41) is 11.7. The number of H-pyrrole nitrogens is 1. The molecular weight excluding hydrogens is 348 g/mol. The maximum absolute atomic E-state index is 12.1. The Morgan fingerprint density at radius 1 is 1.40 bits per heavy atom. The summed E-state index contributed by atoms with van der Waals surface area (Å²) in [6, 6.07) is 1.63. The van der Waals surface area contributed by atoms with Gasteiger partial charge >= 0.3 is 0 Å². The van der Waals surface area contributed by atoms with Crippen LogP contribution < -0.4 is 10.9 Å². The summed E-state index contributed by atoms with van der Waals surface area (Å²) < 4.78 is 11.9. The van der Waals surface area contributed by atoms with Gasteiger partial charge in [0.1, 0.15) is 12.3 Å². The number of ether oxygens (including phenoxy) is 1. The van der Waals surface area contributed by atoms with Gasteiger partial charge in [-0.25, -0.2) is 4.52 Å². The molecule has 0 saturated carbocycles. The van der Waals surface area contributed by atoms with Gasteiger partial charge in [-0.1, -0.05) is 5.16 Å². The zero-order valence-electron chi connectivity index (χ0n) is 13.7. The van der Waals surface area contributed by atoms with Crippen LogP contribution in [0.1, 0.15) is 30.3 Å². The molecule has 1 saturated heterocycles. The molecule has 1 aliphatic heterocycles. The van der Waals surface area contributed by atoms with Crippen LogP contribution in [0, 0.1) is 0 Å². The second-order valence-electron chi connectivity index (χ2n) is 5.85. The molecule has 0 bridgehead atoms. The lowest BCUT2D eigenvalue weighted by Gasteiger charge is -2.23. The smallest absolute Gasteiger partial charge is 0.252 e. The lowest BCUT2D eigenvalue weighted by atomic mass is 9.94. The van der Waals surface area contributed by atoms with Crippen molar-refractivity contribution in [2.45, 2.75) is 25.4 Å². The highest BCUT2D eigenvalue weighted by Gasteiger charge is 2.22. The number of hydrogen-bond donors (Lipinski definition) is 2. The van der Waals surface area contributed by atoms with E-state index in [4.69, 9.17) is 9.26 Å². The van der Waals surface area contributed by atoms with Gasteiger partial charge in [-0.05, 0) is 25.9 Å². The minimum absolute atomic E-state index is 0. The maximum Gasteiger partial charge on any atom is 0.252 e. The average Bonchev–Trinajstić information content (AvgIpc) is 3.22. The van der Waals surface area contributed by atoms with E-state index in [9.17, 15) is 4.79 Å². The van der Waals surface area contributed by atoms with Crippen LogP contribution >= 0.6 is 12.4 Å². The van der Waals surface area contributed by atoms with Crippen LogP contribution in [0.4, 0.5) is 0 Å². The van der Waals surface area contributed by atoms with Crippen molar-refractivity contribution in [2.75, 3.05) is 20.2 Å². The number of nitrogens with one attached hydrogen (secondary N) is 2. The van der Waals surface area contributed by atoms with Crippen molar-refractivity contribution >= 4 is 18.1 Å². The van der Waals surface area contributed by atoms with Gasteiger partial charge in [-0.3, -0.25) is 4.79 Å². The van der Waals surface area contributed by atoms with Crippen LogP contribution in [-0.2, 0) is 11.3 Å². The summed E-state index contributed by atoms with van der Waals surface area (Å²) in [6.45, 7) is 2.12. The number of halogens is 1. The summed E-state index contributed by atoms with van der Waals surface area (Å²) in [7, 11) is 1.56. The van der Waals surface area contributed by atoms with Gasteiger partial charge < -0.3 is 19.6 Å². The van der Waals surface area contributed by atoms with Gasteiger partial charge in [0.15, 0.2) is 0 Å². The maximum atomic E-state index is 12.1. The molecule has 0 radical (unpaired) electrons. The van der Waals surface area contributed by atoms with Crippen molar-refractivity contribution in [2.24, 2.45) is 0 Å². The molecule has 0 aliphatic carbocycles. The number of rotatable bonds is 4. The van der Waals surface area contributed by atoms with Gasteiger partial charge in [0.2, 0.25) is 5.82 Å². The first-order valence-corrected chi connectivity index (χ1v) is 7.90. The van der Waals surface area contributed by atoms with Crippen molar-refractivity contribution in [3.05, 3.63) is 34.2 Å². The SMILES string of the molecule is COCc1nc(-c2cnn3c(C4CCNCC4)cc(=O)[nH]c23)no1.Cl. The lowest BCUT2D eigenvalue weighted by Crippen LogP contribution is -2.28. The number of aromatic amines is 1. The minimum Gasteiger partial charge on any atom is -0.375 e. The first-order chi connectivity index (χ1) is 11.8. The number of aromatic nitrogens is 5. The highest BCUT2D eigenvalue weighted by Crippen LogP contribution is 2.27. The molecule has 0 unspecified atom stereocenters. The number of methoxy groups -OCH3 is 1. The molecule has 4 rings (SSSR count). The molecular formula is C15H19ClN6O3. The summed E-state index contributed by atoms with van der Waals surface area (Å²) in [5.41, 5.74) is 1.98. The number of piperidine rings is 1. The normalized spacial score (nSPS) is 15.4. The Morgan fingerprint density at radius 3 is 2.96 bits per heavy atom. The van der Waals surface area contributed by atoms with Crippen molar-refractivity contribution in [1.29, 1.82) is 0 Å². The monoisotopic (exact) mass is 366 g/mol. The molecule has 3 aromatic heterocycles. The van der Waals surface area contributed by atoms with Gasteiger partial charge in [0, 0.05) is 19.1 Å². The van der Waals surface area contributed by atoms with E-state index in [2.05, 4.69) is 25.5 Å². The molecule has 0 aromatic carbocycles. The standard InChI is InChI=1S/C15H18N6O3.ClH/c1-23-8-13-19-14(20-24-13)10-7-17-21-11(6-12(22)18-15(10)21)9-2-4-16-5-3-9;/h6-7,9,16H,2-5,8H2,1H3,(H,18,22);1H. The second-order valence-corrected chi connectivity index (χ2v) is 5.85. The van der Waals surface area contributed by atoms with Crippen LogP contribution in [0.2, 0.25) is 0 Å². The Labute approximate surface area is 149 Å². The Hall–Kier alpha value is -2.23. The quantitative estimate of drug-likeness (QED) is 0.711. The number of nitrogens with zero attached hydrogens (tertiary/aromatic N) is 4. The molecule has 134 valence electrons. The largest absolute Gasteiger partial charge is 0.375 e. The zero-order chi connectivity index (χ0) is 16.5. The summed E-state index contributed by atoms with van der Waals surface area (Å²) >= 11 is 0. The van der Waals surface area contributed by atoms with E-state index in [-0.39, 0.29) is 24.6 Å². The van der Waals surface area contributed by atoms with Gasteiger partial charge in [-0.2, -0.15) is 10.1 Å². The third-order valence-electron chi connectivity index (χ3n) is 4.27. The number of fused-ring (bicyclic) bond motifs is 1. The van der Waals surface area contributed by atoms with Gasteiger partial charge in [0.25, 0.3) is 11.4 Å². The van der Waals surface area contributed by atoms with Crippen LogP contribution in [0.25, 0.3) is 17.0 Å². The van der Waals surface area contributed by atoms with Gasteiger partial charge in [-0.15, -0.1) is 12.4 Å². The molecule has 2 N–H and O–H groups in total. The third kappa shape index (κ3) is 3.30. The molecule has 1 aliphatic rings. The van der Waals surface area contributed by atoms with Crippen LogP contribution in [0.3, 0.4) is 0 Å². The number of hydrogen-bond acceptors (Lipinski definition) is 7. The summed E-state index contributed by atoms with van der Waals surface area (Å²) in [5.74, 6) is 1.07. The van der Waals surface area contributed by atoms with E-state index in [1.807, 2.05) is 0 Å². The van der Waals surface area contributed by atoms with E-state index in [1.54, 1.807) is 23.9 Å². The second kappa shape index (κ2) is 7.34. The minimum atomic E-state index is -0.154. The Balaban J connectivity index is 0.00000182. The molecule has 0 amide bonds. The first kappa shape index (κ1) is 17.6. The van der Waals surface area contributed by atoms with E-state index in [0.29, 0.717) is 28.8 Å². The molecule has 9 nitrogen and oxygen atoms in total. The van der Waals surface area contributed by atoms with E-state index in [1.165, 1.54) is 0 Å². The average molecular weight is 367 g/mol. The summed E-state index contributed by atoms with van der Waals surface area (Å²) in [4.78, 5) is 19.2. The molecule has 10 heteroatoms. The fraction of sp³-hybridized carbons (Fsp3) is 0.467. The predicted molar refractivity (Wildman–Crippen MR) is 91.9 cm³/mol. The van der Waals surface area contributed by atoms with Crippen LogP contribution in [0.15, 0.2) is 21.6 Å². The fourth-order valence-corrected chi connectivity index (χ4v) is 3.13. The molecule has 25 heavy (non-hydrogen) atoms. The fourth-order valence-electron chi connectivity index (χ4n) is 3.13. The van der Waals surface area contributed by atoms with Crippen molar-refractivity contribution in [1.82, 2.24) is 30.1 Å². The highest BCUT2D eigenvalue weighted by molar-refractivity contribution is 5.85. The molecule has 3 aromatic rings. The Bertz CT molecular complexity index is 912. The van der Waals surface area contributed by atoms with E-state index < -0.39 is 0 Å². The lowest BCUT2D eigenvalue weighted by molar-refractivity contribution is 0.151. The van der Waals surface area contributed by atoms with Gasteiger partial charge in [0.05, 0.1) is 17.5 Å². The highest BCUT2D eigenvalue weighted by atomic mass is 35.5. The van der Waals surface area contributed by atoms with Crippen molar-refractivity contribution in [3.8, 4) is 11.4 Å².